The number of hydrogen-bond acceptors (Lipinski definition) is 2. The summed E-state index contributed by atoms with van der Waals surface area (Å²) in [7, 11) is 0. The molecule has 0 fully saturated rings. The van der Waals surface area contributed by atoms with Crippen LogP contribution in [0, 0.1) is 12.8 Å². The van der Waals surface area contributed by atoms with Crippen molar-refractivity contribution in [2.45, 2.75) is 13.3 Å². The van der Waals surface area contributed by atoms with E-state index < -0.39 is 0 Å². The Balaban J connectivity index is 0.000000980. The Morgan fingerprint density at radius 2 is 2.29 bits per heavy atom. The van der Waals surface area contributed by atoms with Gasteiger partial charge in [-0.25, -0.2) is 0 Å². The third kappa shape index (κ3) is 2.20. The van der Waals surface area contributed by atoms with Crippen molar-refractivity contribution in [2.24, 2.45) is 11.7 Å². The van der Waals surface area contributed by atoms with Gasteiger partial charge in [0.15, 0.2) is 0 Å². The van der Waals surface area contributed by atoms with Crippen LogP contribution in [-0.2, 0) is 6.42 Å². The number of rotatable bonds is 1. The highest BCUT2D eigenvalue weighted by molar-refractivity contribution is 5.85. The number of ether oxygens (including phenoxy) is 1. The van der Waals surface area contributed by atoms with Crippen molar-refractivity contribution in [2.75, 3.05) is 13.2 Å². The fourth-order valence-corrected chi connectivity index (χ4v) is 1.74. The van der Waals surface area contributed by atoms with Crippen LogP contribution in [0.25, 0.3) is 0 Å². The minimum absolute atomic E-state index is 0. The summed E-state index contributed by atoms with van der Waals surface area (Å²) in [5, 5.41) is 0. The van der Waals surface area contributed by atoms with E-state index in [2.05, 4.69) is 25.1 Å². The highest BCUT2D eigenvalue weighted by Crippen LogP contribution is 2.27. The van der Waals surface area contributed by atoms with E-state index >= 15 is 0 Å². The normalized spacial score (nSPS) is 19.1. The standard InChI is InChI=1S/C11H15NO.ClH/c1-8-2-3-11-10(4-8)5-9(6-12)7-13-11;/h2-4,9H,5-7,12H2,1H3;1H. The second kappa shape index (κ2) is 4.67. The zero-order chi connectivity index (χ0) is 9.26. The third-order valence-electron chi connectivity index (χ3n) is 2.53. The second-order valence-electron chi connectivity index (χ2n) is 3.73. The number of aryl methyl sites for hydroxylation is 1. The molecule has 1 unspecified atom stereocenters. The fraction of sp³-hybridized carbons (Fsp3) is 0.455. The van der Waals surface area contributed by atoms with Gasteiger partial charge in [0.25, 0.3) is 0 Å². The first kappa shape index (κ1) is 11.3. The Morgan fingerprint density at radius 3 is 3.00 bits per heavy atom. The molecule has 0 amide bonds. The van der Waals surface area contributed by atoms with Crippen LogP contribution in [0.15, 0.2) is 18.2 Å². The van der Waals surface area contributed by atoms with E-state index in [1.54, 1.807) is 0 Å². The van der Waals surface area contributed by atoms with Crippen LogP contribution in [0.5, 0.6) is 5.75 Å². The highest BCUT2D eigenvalue weighted by atomic mass is 35.5. The average Bonchev–Trinajstić information content (AvgIpc) is 2.16. The van der Waals surface area contributed by atoms with E-state index in [1.165, 1.54) is 11.1 Å². The molecule has 2 nitrogen and oxygen atoms in total. The van der Waals surface area contributed by atoms with Crippen molar-refractivity contribution in [3.05, 3.63) is 29.3 Å². The molecule has 1 atom stereocenters. The molecule has 14 heavy (non-hydrogen) atoms. The first-order chi connectivity index (χ1) is 6.29. The quantitative estimate of drug-likeness (QED) is 0.774. The van der Waals surface area contributed by atoms with Gasteiger partial charge in [-0.1, -0.05) is 17.7 Å². The van der Waals surface area contributed by atoms with Crippen molar-refractivity contribution in [1.82, 2.24) is 0 Å². The minimum Gasteiger partial charge on any atom is -0.493 e. The molecular weight excluding hydrogens is 198 g/mol. The molecule has 2 N–H and O–H groups in total. The topological polar surface area (TPSA) is 35.2 Å². The van der Waals surface area contributed by atoms with E-state index in [9.17, 15) is 0 Å². The van der Waals surface area contributed by atoms with Crippen LogP contribution in [-0.4, -0.2) is 13.2 Å². The van der Waals surface area contributed by atoms with Gasteiger partial charge in [0.1, 0.15) is 5.75 Å². The van der Waals surface area contributed by atoms with E-state index in [-0.39, 0.29) is 12.4 Å². The Morgan fingerprint density at radius 1 is 1.50 bits per heavy atom. The summed E-state index contributed by atoms with van der Waals surface area (Å²) in [6, 6.07) is 6.33. The van der Waals surface area contributed by atoms with Crippen molar-refractivity contribution in [1.29, 1.82) is 0 Å². The van der Waals surface area contributed by atoms with Gasteiger partial charge in [0.05, 0.1) is 6.61 Å². The lowest BCUT2D eigenvalue weighted by Crippen LogP contribution is -2.27. The van der Waals surface area contributed by atoms with Crippen molar-refractivity contribution in [3.63, 3.8) is 0 Å². The van der Waals surface area contributed by atoms with Gasteiger partial charge < -0.3 is 10.5 Å². The molecule has 0 bridgehead atoms. The zero-order valence-electron chi connectivity index (χ0n) is 8.32. The van der Waals surface area contributed by atoms with Crippen molar-refractivity contribution < 1.29 is 4.74 Å². The van der Waals surface area contributed by atoms with Crippen LogP contribution < -0.4 is 10.5 Å². The molecule has 1 aromatic carbocycles. The van der Waals surface area contributed by atoms with Gasteiger partial charge in [0.2, 0.25) is 0 Å². The van der Waals surface area contributed by atoms with Crippen LogP contribution in [0.3, 0.4) is 0 Å². The summed E-state index contributed by atoms with van der Waals surface area (Å²) < 4.78 is 5.60. The van der Waals surface area contributed by atoms with Crippen LogP contribution in [0.2, 0.25) is 0 Å². The number of halogens is 1. The van der Waals surface area contributed by atoms with Gasteiger partial charge in [-0.15, -0.1) is 12.4 Å². The molecule has 1 aliphatic rings. The first-order valence-corrected chi connectivity index (χ1v) is 4.72. The minimum atomic E-state index is 0. The zero-order valence-corrected chi connectivity index (χ0v) is 9.14. The maximum atomic E-state index is 5.62. The molecule has 1 aromatic rings. The summed E-state index contributed by atoms with van der Waals surface area (Å²) in [6.45, 7) is 3.59. The maximum absolute atomic E-state index is 5.62. The van der Waals surface area contributed by atoms with E-state index in [0.717, 1.165) is 18.8 Å². The van der Waals surface area contributed by atoms with Gasteiger partial charge in [-0.2, -0.15) is 0 Å². The first-order valence-electron chi connectivity index (χ1n) is 4.72. The van der Waals surface area contributed by atoms with Gasteiger partial charge in [0, 0.05) is 5.92 Å². The number of fused-ring (bicyclic) bond motifs is 1. The van der Waals surface area contributed by atoms with Crippen LogP contribution >= 0.6 is 12.4 Å². The Bertz CT molecular complexity index is 314. The fourth-order valence-electron chi connectivity index (χ4n) is 1.74. The monoisotopic (exact) mass is 213 g/mol. The van der Waals surface area contributed by atoms with Crippen molar-refractivity contribution >= 4 is 12.4 Å². The smallest absolute Gasteiger partial charge is 0.122 e. The molecule has 3 heteroatoms. The molecule has 1 aliphatic heterocycles. The summed E-state index contributed by atoms with van der Waals surface area (Å²) >= 11 is 0. The highest BCUT2D eigenvalue weighted by Gasteiger charge is 2.18. The van der Waals surface area contributed by atoms with Crippen LogP contribution in [0.1, 0.15) is 11.1 Å². The maximum Gasteiger partial charge on any atom is 0.122 e. The second-order valence-corrected chi connectivity index (χ2v) is 3.73. The Kier molecular flexibility index (Phi) is 3.78. The van der Waals surface area contributed by atoms with Crippen molar-refractivity contribution in [3.8, 4) is 5.75 Å². The number of nitrogens with two attached hydrogens (primary N) is 1. The third-order valence-corrected chi connectivity index (χ3v) is 2.53. The largest absolute Gasteiger partial charge is 0.493 e. The molecule has 2 rings (SSSR count). The molecule has 0 spiro atoms. The number of hydrogen-bond donors (Lipinski definition) is 1. The molecule has 0 aliphatic carbocycles. The molecule has 0 saturated heterocycles. The molecule has 0 aromatic heterocycles. The summed E-state index contributed by atoms with van der Waals surface area (Å²) in [5.74, 6) is 1.53. The van der Waals surface area contributed by atoms with Gasteiger partial charge in [-0.3, -0.25) is 0 Å². The summed E-state index contributed by atoms with van der Waals surface area (Å²) in [5.41, 5.74) is 8.22. The Hall–Kier alpha value is -0.730. The molecule has 0 saturated carbocycles. The molecule has 1 heterocycles. The summed E-state index contributed by atoms with van der Waals surface area (Å²) in [4.78, 5) is 0. The van der Waals surface area contributed by atoms with Gasteiger partial charge in [-0.05, 0) is 31.5 Å². The van der Waals surface area contributed by atoms with E-state index in [1.807, 2.05) is 0 Å². The molecule has 0 radical (unpaired) electrons. The average molecular weight is 214 g/mol. The van der Waals surface area contributed by atoms with E-state index in [4.69, 9.17) is 10.5 Å². The predicted octanol–water partition coefficient (Wildman–Crippen LogP) is 1.93. The van der Waals surface area contributed by atoms with Crippen LogP contribution in [0.4, 0.5) is 0 Å². The Labute approximate surface area is 90.9 Å². The lowest BCUT2D eigenvalue weighted by Gasteiger charge is -2.24. The predicted molar refractivity (Wildman–Crippen MR) is 60.2 cm³/mol. The van der Waals surface area contributed by atoms with E-state index in [0.29, 0.717) is 12.5 Å². The SMILES string of the molecule is Cc1ccc2c(c1)CC(CN)CO2.Cl. The number of benzene rings is 1. The van der Waals surface area contributed by atoms with Gasteiger partial charge >= 0.3 is 0 Å². The molecule has 78 valence electrons. The summed E-state index contributed by atoms with van der Waals surface area (Å²) in [6.07, 6.45) is 1.06. The lowest BCUT2D eigenvalue weighted by molar-refractivity contribution is 0.226. The lowest BCUT2D eigenvalue weighted by atomic mass is 9.96. The molecular formula is C11H16ClNO.